The average Bonchev–Trinajstić information content (AvgIpc) is 2.69. The number of carbonyl (C=O) groups excluding carboxylic acids is 1. The van der Waals surface area contributed by atoms with Crippen molar-refractivity contribution in [2.24, 2.45) is 0 Å². The number of benzene rings is 2. The summed E-state index contributed by atoms with van der Waals surface area (Å²) in [5.41, 5.74) is 4.53. The highest BCUT2D eigenvalue weighted by Crippen LogP contribution is 2.27. The summed E-state index contributed by atoms with van der Waals surface area (Å²) < 4.78 is 10.5. The number of H-pyrrole nitrogens is 1. The van der Waals surface area contributed by atoms with Crippen molar-refractivity contribution in [2.75, 3.05) is 20.8 Å². The number of aryl methyl sites for hydroxylation is 2. The molecule has 2 N–H and O–H groups in total. The number of ether oxygens (including phenoxy) is 2. The molecule has 0 aliphatic heterocycles. The summed E-state index contributed by atoms with van der Waals surface area (Å²) in [7, 11) is 3.13. The second-order valence-corrected chi connectivity index (χ2v) is 7.11. The van der Waals surface area contributed by atoms with Gasteiger partial charge in [0, 0.05) is 17.6 Å². The van der Waals surface area contributed by atoms with Gasteiger partial charge in [-0.2, -0.15) is 0 Å². The molecule has 1 aromatic heterocycles. The quantitative estimate of drug-likeness (QED) is 0.645. The number of amides is 1. The summed E-state index contributed by atoms with van der Waals surface area (Å²) in [5, 5.41) is 3.88. The molecule has 152 valence electrons. The second kappa shape index (κ2) is 8.82. The predicted molar refractivity (Wildman–Crippen MR) is 114 cm³/mol. The van der Waals surface area contributed by atoms with Crippen molar-refractivity contribution in [3.63, 3.8) is 0 Å². The zero-order chi connectivity index (χ0) is 21.0. The third-order valence-corrected chi connectivity index (χ3v) is 5.06. The van der Waals surface area contributed by atoms with Crippen LogP contribution in [0.25, 0.3) is 10.9 Å². The molecule has 0 saturated carbocycles. The van der Waals surface area contributed by atoms with Gasteiger partial charge in [0.05, 0.1) is 20.6 Å². The fourth-order valence-corrected chi connectivity index (χ4v) is 3.28. The molecule has 0 atom stereocenters. The Kier molecular flexibility index (Phi) is 6.22. The van der Waals surface area contributed by atoms with E-state index in [0.29, 0.717) is 30.0 Å². The molecule has 1 amide bonds. The predicted octanol–water partition coefficient (Wildman–Crippen LogP) is 3.06. The largest absolute Gasteiger partial charge is 0.493 e. The lowest BCUT2D eigenvalue weighted by molar-refractivity contribution is -0.120. The molecule has 0 bridgehead atoms. The Morgan fingerprint density at radius 1 is 1.00 bits per heavy atom. The Hall–Kier alpha value is -3.28. The molecule has 29 heavy (non-hydrogen) atoms. The third kappa shape index (κ3) is 4.77. The van der Waals surface area contributed by atoms with E-state index in [9.17, 15) is 9.59 Å². The first kappa shape index (κ1) is 20.5. The van der Waals surface area contributed by atoms with Crippen LogP contribution in [0.1, 0.15) is 22.3 Å². The van der Waals surface area contributed by atoms with Gasteiger partial charge in [-0.3, -0.25) is 9.59 Å². The molecular weight excluding hydrogens is 368 g/mol. The van der Waals surface area contributed by atoms with Gasteiger partial charge in [-0.05, 0) is 72.7 Å². The van der Waals surface area contributed by atoms with E-state index in [0.717, 1.165) is 22.0 Å². The number of aromatic amines is 1. The monoisotopic (exact) mass is 394 g/mol. The van der Waals surface area contributed by atoms with Crippen molar-refractivity contribution in [1.29, 1.82) is 0 Å². The SMILES string of the molecule is COc1ccc(CC(=O)NCCc2cc3cc(C)c(C)cc3[nH]c2=O)cc1OC. The number of hydrogen-bond acceptors (Lipinski definition) is 4. The first-order valence-electron chi connectivity index (χ1n) is 9.52. The molecule has 6 heteroatoms. The van der Waals surface area contributed by atoms with Crippen LogP contribution < -0.4 is 20.3 Å². The fourth-order valence-electron chi connectivity index (χ4n) is 3.28. The van der Waals surface area contributed by atoms with Gasteiger partial charge in [-0.15, -0.1) is 0 Å². The van der Waals surface area contributed by atoms with E-state index < -0.39 is 0 Å². The van der Waals surface area contributed by atoms with Gasteiger partial charge in [0.1, 0.15) is 0 Å². The first-order valence-corrected chi connectivity index (χ1v) is 9.52. The van der Waals surface area contributed by atoms with Crippen molar-refractivity contribution >= 4 is 16.8 Å². The number of fused-ring (bicyclic) bond motifs is 1. The average molecular weight is 394 g/mol. The minimum atomic E-state index is -0.116. The van der Waals surface area contributed by atoms with Gasteiger partial charge in [-0.25, -0.2) is 0 Å². The van der Waals surface area contributed by atoms with Gasteiger partial charge in [0.2, 0.25) is 5.91 Å². The van der Waals surface area contributed by atoms with Crippen LogP contribution >= 0.6 is 0 Å². The zero-order valence-electron chi connectivity index (χ0n) is 17.2. The molecule has 0 unspecified atom stereocenters. The number of carbonyl (C=O) groups is 1. The smallest absolute Gasteiger partial charge is 0.251 e. The first-order chi connectivity index (χ1) is 13.9. The van der Waals surface area contributed by atoms with Crippen LogP contribution in [0.3, 0.4) is 0 Å². The van der Waals surface area contributed by atoms with E-state index >= 15 is 0 Å². The molecule has 1 heterocycles. The minimum Gasteiger partial charge on any atom is -0.493 e. The molecule has 2 aromatic carbocycles. The van der Waals surface area contributed by atoms with Crippen molar-refractivity contribution in [2.45, 2.75) is 26.7 Å². The van der Waals surface area contributed by atoms with Crippen LogP contribution in [0, 0.1) is 13.8 Å². The number of nitrogens with one attached hydrogen (secondary N) is 2. The lowest BCUT2D eigenvalue weighted by Gasteiger charge is -2.10. The summed E-state index contributed by atoms with van der Waals surface area (Å²) in [6.07, 6.45) is 0.697. The number of pyridine rings is 1. The maximum atomic E-state index is 12.3. The molecule has 0 spiro atoms. The maximum absolute atomic E-state index is 12.3. The van der Waals surface area contributed by atoms with Crippen LogP contribution in [0.5, 0.6) is 11.5 Å². The highest BCUT2D eigenvalue weighted by Gasteiger charge is 2.09. The number of methoxy groups -OCH3 is 2. The number of aromatic nitrogens is 1. The Morgan fingerprint density at radius 3 is 2.45 bits per heavy atom. The molecule has 0 fully saturated rings. The van der Waals surface area contributed by atoms with Crippen molar-refractivity contribution in [1.82, 2.24) is 10.3 Å². The van der Waals surface area contributed by atoms with Crippen LogP contribution in [0.4, 0.5) is 0 Å². The molecule has 0 aliphatic carbocycles. The molecule has 0 aliphatic rings. The topological polar surface area (TPSA) is 80.4 Å². The van der Waals surface area contributed by atoms with Crippen molar-refractivity contribution in [3.8, 4) is 11.5 Å². The van der Waals surface area contributed by atoms with E-state index in [-0.39, 0.29) is 17.9 Å². The van der Waals surface area contributed by atoms with Crippen LogP contribution in [0.15, 0.2) is 41.2 Å². The number of rotatable bonds is 7. The van der Waals surface area contributed by atoms with Crippen molar-refractivity contribution < 1.29 is 14.3 Å². The van der Waals surface area contributed by atoms with E-state index in [1.54, 1.807) is 26.4 Å². The van der Waals surface area contributed by atoms with Crippen LogP contribution in [-0.4, -0.2) is 31.7 Å². The van der Waals surface area contributed by atoms with Gasteiger partial charge >= 0.3 is 0 Å². The Bertz CT molecular complexity index is 1100. The lowest BCUT2D eigenvalue weighted by atomic mass is 10.0. The van der Waals surface area contributed by atoms with Gasteiger partial charge in [-0.1, -0.05) is 6.07 Å². The minimum absolute atomic E-state index is 0.110. The Balaban J connectivity index is 1.62. The zero-order valence-corrected chi connectivity index (χ0v) is 17.2. The van der Waals surface area contributed by atoms with E-state index in [1.807, 2.05) is 32.0 Å². The molecule has 3 rings (SSSR count). The van der Waals surface area contributed by atoms with E-state index in [1.165, 1.54) is 5.56 Å². The molecular formula is C23H26N2O4. The molecule has 0 saturated heterocycles. The van der Waals surface area contributed by atoms with Crippen LogP contribution in [-0.2, 0) is 17.6 Å². The maximum Gasteiger partial charge on any atom is 0.251 e. The second-order valence-electron chi connectivity index (χ2n) is 7.11. The summed E-state index contributed by atoms with van der Waals surface area (Å²) in [6, 6.07) is 11.4. The van der Waals surface area contributed by atoms with E-state index in [2.05, 4.69) is 16.4 Å². The molecule has 3 aromatic rings. The van der Waals surface area contributed by atoms with Gasteiger partial charge in [0.15, 0.2) is 11.5 Å². The summed E-state index contributed by atoms with van der Waals surface area (Å²) >= 11 is 0. The fraction of sp³-hybridized carbons (Fsp3) is 0.304. The normalized spacial score (nSPS) is 10.8. The molecule has 0 radical (unpaired) electrons. The summed E-state index contributed by atoms with van der Waals surface area (Å²) in [4.78, 5) is 27.5. The summed E-state index contributed by atoms with van der Waals surface area (Å²) in [5.74, 6) is 1.10. The van der Waals surface area contributed by atoms with Crippen LogP contribution in [0.2, 0.25) is 0 Å². The highest BCUT2D eigenvalue weighted by atomic mass is 16.5. The number of hydrogen-bond donors (Lipinski definition) is 2. The van der Waals surface area contributed by atoms with Gasteiger partial charge in [0.25, 0.3) is 5.56 Å². The Morgan fingerprint density at radius 2 is 1.72 bits per heavy atom. The van der Waals surface area contributed by atoms with Crippen molar-refractivity contribution in [3.05, 3.63) is 69.0 Å². The van der Waals surface area contributed by atoms with E-state index in [4.69, 9.17) is 9.47 Å². The molecule has 6 nitrogen and oxygen atoms in total. The Labute approximate surface area is 169 Å². The third-order valence-electron chi connectivity index (χ3n) is 5.06. The lowest BCUT2D eigenvalue weighted by Crippen LogP contribution is -2.28. The van der Waals surface area contributed by atoms with Gasteiger partial charge < -0.3 is 19.8 Å². The standard InChI is InChI=1S/C23H26N2O4/c1-14-9-18-13-17(23(27)25-19(18)10-15(14)2)7-8-24-22(26)12-16-5-6-20(28-3)21(11-16)29-4/h5-6,9-11,13H,7-8,12H2,1-4H3,(H,24,26)(H,25,27). The highest BCUT2D eigenvalue weighted by molar-refractivity contribution is 5.81. The summed E-state index contributed by atoms with van der Waals surface area (Å²) in [6.45, 7) is 4.47.